The second kappa shape index (κ2) is 5.33. The van der Waals surface area contributed by atoms with Gasteiger partial charge in [0, 0.05) is 11.8 Å². The lowest BCUT2D eigenvalue weighted by atomic mass is 10.1. The minimum absolute atomic E-state index is 0.0458. The van der Waals surface area contributed by atoms with Gasteiger partial charge in [0.1, 0.15) is 17.5 Å². The maximum absolute atomic E-state index is 14.0. The fourth-order valence-corrected chi connectivity index (χ4v) is 2.58. The van der Waals surface area contributed by atoms with Crippen LogP contribution in [-0.4, -0.2) is 4.57 Å². The van der Waals surface area contributed by atoms with Crippen LogP contribution in [0.25, 0.3) is 16.5 Å². The second-order valence-electron chi connectivity index (χ2n) is 4.96. The van der Waals surface area contributed by atoms with Gasteiger partial charge in [-0.25, -0.2) is 13.2 Å². The molecule has 3 aromatic rings. The first-order chi connectivity index (χ1) is 10.5. The van der Waals surface area contributed by atoms with Crippen LogP contribution in [0.2, 0.25) is 0 Å². The van der Waals surface area contributed by atoms with Gasteiger partial charge in [-0.3, -0.25) is 9.36 Å². The molecule has 0 aliphatic heterocycles. The Kier molecular flexibility index (Phi) is 3.48. The lowest BCUT2D eigenvalue weighted by Gasteiger charge is -2.14. The van der Waals surface area contributed by atoms with E-state index in [4.69, 9.17) is 0 Å². The van der Waals surface area contributed by atoms with E-state index < -0.39 is 23.0 Å². The van der Waals surface area contributed by atoms with Crippen molar-refractivity contribution < 1.29 is 13.2 Å². The first kappa shape index (κ1) is 14.4. The van der Waals surface area contributed by atoms with Crippen LogP contribution in [0.3, 0.4) is 0 Å². The lowest BCUT2D eigenvalue weighted by Crippen LogP contribution is -2.23. The molecule has 0 amide bonds. The Labute approximate surface area is 124 Å². The van der Waals surface area contributed by atoms with E-state index in [2.05, 4.69) is 0 Å². The molecule has 0 saturated carbocycles. The molecule has 0 aliphatic rings. The normalized spacial score (nSPS) is 11.1. The van der Waals surface area contributed by atoms with E-state index in [0.717, 1.165) is 22.8 Å². The summed E-state index contributed by atoms with van der Waals surface area (Å²) in [5, 5.41) is 0.374. The number of hydrogen-bond acceptors (Lipinski definition) is 1. The minimum atomic E-state index is -0.794. The van der Waals surface area contributed by atoms with Crippen molar-refractivity contribution in [3.63, 3.8) is 0 Å². The van der Waals surface area contributed by atoms with E-state index in [1.807, 2.05) is 6.92 Å². The summed E-state index contributed by atoms with van der Waals surface area (Å²) in [6.07, 6.45) is 0.458. The number of rotatable bonds is 2. The van der Waals surface area contributed by atoms with Crippen molar-refractivity contribution in [2.24, 2.45) is 0 Å². The highest BCUT2D eigenvalue weighted by Crippen LogP contribution is 2.20. The van der Waals surface area contributed by atoms with Crippen molar-refractivity contribution in [2.45, 2.75) is 13.3 Å². The highest BCUT2D eigenvalue weighted by molar-refractivity contribution is 5.83. The smallest absolute Gasteiger partial charge is 0.266 e. The number of aromatic nitrogens is 1. The molecule has 0 saturated heterocycles. The number of hydrogen-bond donors (Lipinski definition) is 0. The van der Waals surface area contributed by atoms with Crippen molar-refractivity contribution in [2.75, 3.05) is 0 Å². The molecule has 1 heterocycles. The number of halogens is 3. The van der Waals surface area contributed by atoms with E-state index >= 15 is 0 Å². The molecule has 22 heavy (non-hydrogen) atoms. The number of nitrogens with zero attached hydrogens (tertiary/aromatic N) is 1. The molecule has 0 fully saturated rings. The minimum Gasteiger partial charge on any atom is -0.280 e. The fraction of sp³-hybridized carbons (Fsp3) is 0.118. The Balaban J connectivity index is 2.44. The van der Waals surface area contributed by atoms with Gasteiger partial charge in [0.2, 0.25) is 0 Å². The van der Waals surface area contributed by atoms with Crippen LogP contribution in [0, 0.1) is 17.5 Å². The first-order valence-electron chi connectivity index (χ1n) is 6.81. The molecule has 0 unspecified atom stereocenters. The molecule has 0 radical (unpaired) electrons. The summed E-state index contributed by atoms with van der Waals surface area (Å²) in [4.78, 5) is 12.6. The third-order valence-electron chi connectivity index (χ3n) is 3.54. The summed E-state index contributed by atoms with van der Waals surface area (Å²) in [7, 11) is 0. The first-order valence-corrected chi connectivity index (χ1v) is 6.81. The average molecular weight is 303 g/mol. The summed E-state index contributed by atoms with van der Waals surface area (Å²) in [5.41, 5.74) is -0.0324. The zero-order valence-corrected chi connectivity index (χ0v) is 11.7. The number of aryl methyl sites for hydroxylation is 1. The van der Waals surface area contributed by atoms with Gasteiger partial charge in [0.25, 0.3) is 5.56 Å². The highest BCUT2D eigenvalue weighted by Gasteiger charge is 2.14. The Morgan fingerprint density at radius 1 is 1.00 bits per heavy atom. The van der Waals surface area contributed by atoms with Gasteiger partial charge in [0.05, 0.1) is 11.1 Å². The van der Waals surface area contributed by atoms with Gasteiger partial charge in [-0.2, -0.15) is 0 Å². The molecule has 0 spiro atoms. The molecule has 2 nitrogen and oxygen atoms in total. The fourth-order valence-electron chi connectivity index (χ4n) is 2.58. The lowest BCUT2D eigenvalue weighted by molar-refractivity contribution is 0.580. The van der Waals surface area contributed by atoms with Crippen molar-refractivity contribution in [1.82, 2.24) is 4.57 Å². The van der Waals surface area contributed by atoms with Crippen LogP contribution in [-0.2, 0) is 6.42 Å². The molecule has 2 aromatic carbocycles. The van der Waals surface area contributed by atoms with Crippen LogP contribution in [0.5, 0.6) is 0 Å². The van der Waals surface area contributed by atoms with Crippen molar-refractivity contribution in [1.29, 1.82) is 0 Å². The Hall–Kier alpha value is -2.56. The van der Waals surface area contributed by atoms with Crippen LogP contribution in [0.4, 0.5) is 13.2 Å². The van der Waals surface area contributed by atoms with Crippen LogP contribution >= 0.6 is 0 Å². The molecule has 0 aliphatic carbocycles. The number of pyridine rings is 1. The molecule has 0 bridgehead atoms. The standard InChI is InChI=1S/C17H12F3NO/c1-2-13-6-10-4-3-5-15(20)16(10)17(22)21(13)14-8-11(18)7-12(19)9-14/h3-9H,2H2,1H3. The number of fused-ring (bicyclic) bond motifs is 1. The zero-order valence-electron chi connectivity index (χ0n) is 11.7. The molecule has 5 heteroatoms. The molecular weight excluding hydrogens is 291 g/mol. The monoisotopic (exact) mass is 303 g/mol. The van der Waals surface area contributed by atoms with Crippen molar-refractivity contribution >= 4 is 10.8 Å². The molecule has 0 atom stereocenters. The van der Waals surface area contributed by atoms with Crippen molar-refractivity contribution in [3.05, 3.63) is 76.0 Å². The summed E-state index contributed by atoms with van der Waals surface area (Å²) in [6, 6.07) is 8.82. The third kappa shape index (κ3) is 2.28. The molecule has 112 valence electrons. The van der Waals surface area contributed by atoms with Gasteiger partial charge in [0.15, 0.2) is 0 Å². The SMILES string of the molecule is CCc1cc2cccc(F)c2c(=O)n1-c1cc(F)cc(F)c1. The van der Waals surface area contributed by atoms with E-state index in [0.29, 0.717) is 17.5 Å². The van der Waals surface area contributed by atoms with E-state index in [-0.39, 0.29) is 11.1 Å². The third-order valence-corrected chi connectivity index (χ3v) is 3.54. The summed E-state index contributed by atoms with van der Waals surface area (Å²) < 4.78 is 42.0. The highest BCUT2D eigenvalue weighted by atomic mass is 19.1. The Morgan fingerprint density at radius 2 is 1.68 bits per heavy atom. The zero-order chi connectivity index (χ0) is 15.9. The molecule has 0 N–H and O–H groups in total. The van der Waals surface area contributed by atoms with E-state index in [1.54, 1.807) is 12.1 Å². The predicted octanol–water partition coefficient (Wildman–Crippen LogP) is 3.97. The largest absolute Gasteiger partial charge is 0.280 e. The van der Waals surface area contributed by atoms with E-state index in [9.17, 15) is 18.0 Å². The quantitative estimate of drug-likeness (QED) is 0.702. The Morgan fingerprint density at radius 3 is 2.32 bits per heavy atom. The second-order valence-corrected chi connectivity index (χ2v) is 4.96. The van der Waals surface area contributed by atoms with Crippen LogP contribution in [0.15, 0.2) is 47.3 Å². The summed E-state index contributed by atoms with van der Waals surface area (Å²) in [5.74, 6) is -2.24. The van der Waals surface area contributed by atoms with Crippen LogP contribution in [0.1, 0.15) is 12.6 Å². The average Bonchev–Trinajstić information content (AvgIpc) is 2.45. The van der Waals surface area contributed by atoms with Gasteiger partial charge >= 0.3 is 0 Å². The Bertz CT molecular complexity index is 911. The van der Waals surface area contributed by atoms with Gasteiger partial charge in [-0.15, -0.1) is 0 Å². The van der Waals surface area contributed by atoms with Crippen molar-refractivity contribution in [3.8, 4) is 5.69 Å². The topological polar surface area (TPSA) is 22.0 Å². The van der Waals surface area contributed by atoms with Gasteiger partial charge < -0.3 is 0 Å². The summed E-state index contributed by atoms with van der Waals surface area (Å²) >= 11 is 0. The van der Waals surface area contributed by atoms with Gasteiger partial charge in [-0.1, -0.05) is 19.1 Å². The molecular formula is C17H12F3NO. The molecule has 3 rings (SSSR count). The van der Waals surface area contributed by atoms with E-state index in [1.165, 1.54) is 12.1 Å². The summed E-state index contributed by atoms with van der Waals surface area (Å²) in [6.45, 7) is 1.81. The number of benzene rings is 2. The van der Waals surface area contributed by atoms with Crippen LogP contribution < -0.4 is 5.56 Å². The maximum atomic E-state index is 14.0. The predicted molar refractivity (Wildman–Crippen MR) is 78.8 cm³/mol. The molecule has 1 aromatic heterocycles. The van der Waals surface area contributed by atoms with Gasteiger partial charge in [-0.05, 0) is 36.1 Å². The maximum Gasteiger partial charge on any atom is 0.266 e.